The number of aromatic nitrogens is 1. The predicted octanol–water partition coefficient (Wildman–Crippen LogP) is 6.10. The van der Waals surface area contributed by atoms with Crippen molar-refractivity contribution in [1.29, 1.82) is 0 Å². The molecule has 3 aliphatic rings. The van der Waals surface area contributed by atoms with Crippen LogP contribution < -0.4 is 0 Å². The van der Waals surface area contributed by atoms with Crippen molar-refractivity contribution >= 4 is 16.9 Å². The molecule has 5 nitrogen and oxygen atoms in total. The van der Waals surface area contributed by atoms with Crippen LogP contribution in [0.15, 0.2) is 60.8 Å². The lowest BCUT2D eigenvalue weighted by Crippen LogP contribution is -2.46. The van der Waals surface area contributed by atoms with Crippen LogP contribution in [0.25, 0.3) is 10.9 Å². The van der Waals surface area contributed by atoms with E-state index < -0.39 is 5.97 Å². The number of carboxylic acid groups (broad SMARTS) is 1. The van der Waals surface area contributed by atoms with Crippen LogP contribution in [-0.4, -0.2) is 64.6 Å². The first-order valence-corrected chi connectivity index (χ1v) is 14.5. The van der Waals surface area contributed by atoms with Crippen LogP contribution in [0.4, 0.5) is 0 Å². The van der Waals surface area contributed by atoms with Gasteiger partial charge in [-0.3, -0.25) is 9.69 Å². The Morgan fingerprint density at radius 2 is 1.65 bits per heavy atom. The molecule has 2 saturated heterocycles. The Bertz CT molecular complexity index is 1180. The summed E-state index contributed by atoms with van der Waals surface area (Å²) in [7, 11) is 0. The molecule has 1 aromatic heterocycles. The predicted molar refractivity (Wildman–Crippen MR) is 149 cm³/mol. The third-order valence-corrected chi connectivity index (χ3v) is 9.58. The standard InChI is InChI=1S/C32H41N3O2/c36-32(37)31(25-11-5-2-6-12-25)35-21-26(29(22-35)23-9-3-1-4-10-23)20-34-17-15-24(16-18-34)28-19-33-30-14-8-7-13-27(28)30/h1,3-4,7-10,13-14,19,24-26,29,31,33H,2,5-6,11-12,15-18,20-22H2,(H,36,37)/t26-,29?,31+/m0/s1. The number of piperidine rings is 1. The number of carbonyl (C=O) groups is 1. The number of para-hydroxylation sites is 1. The zero-order chi connectivity index (χ0) is 25.2. The van der Waals surface area contributed by atoms with E-state index >= 15 is 0 Å². The summed E-state index contributed by atoms with van der Waals surface area (Å²) in [6.45, 7) is 5.07. The van der Waals surface area contributed by atoms with Crippen molar-refractivity contribution in [2.45, 2.75) is 62.8 Å². The summed E-state index contributed by atoms with van der Waals surface area (Å²) in [5.74, 6) is 1.17. The van der Waals surface area contributed by atoms with Crippen molar-refractivity contribution < 1.29 is 9.90 Å². The monoisotopic (exact) mass is 499 g/mol. The van der Waals surface area contributed by atoms with Gasteiger partial charge in [0, 0.05) is 42.7 Å². The summed E-state index contributed by atoms with van der Waals surface area (Å²) in [4.78, 5) is 21.0. The minimum Gasteiger partial charge on any atom is -0.480 e. The first-order valence-electron chi connectivity index (χ1n) is 14.5. The third-order valence-electron chi connectivity index (χ3n) is 9.58. The molecule has 3 aromatic rings. The number of fused-ring (bicyclic) bond motifs is 1. The largest absolute Gasteiger partial charge is 0.480 e. The Labute approximate surface area is 220 Å². The number of aliphatic carboxylic acids is 1. The first-order chi connectivity index (χ1) is 18.2. The molecule has 3 fully saturated rings. The van der Waals surface area contributed by atoms with Crippen LogP contribution in [0.1, 0.15) is 67.9 Å². The van der Waals surface area contributed by atoms with Crippen molar-refractivity contribution in [3.05, 3.63) is 71.9 Å². The number of aromatic amines is 1. The average Bonchev–Trinajstić information content (AvgIpc) is 3.55. The van der Waals surface area contributed by atoms with Gasteiger partial charge in [-0.05, 0) is 73.7 Å². The van der Waals surface area contributed by atoms with Crippen molar-refractivity contribution in [3.8, 4) is 0 Å². The van der Waals surface area contributed by atoms with E-state index in [2.05, 4.69) is 75.6 Å². The van der Waals surface area contributed by atoms with E-state index in [-0.39, 0.29) is 6.04 Å². The minimum absolute atomic E-state index is 0.299. The Morgan fingerprint density at radius 3 is 2.41 bits per heavy atom. The van der Waals surface area contributed by atoms with Crippen LogP contribution in [0, 0.1) is 11.8 Å². The van der Waals surface area contributed by atoms with Gasteiger partial charge in [-0.2, -0.15) is 0 Å². The van der Waals surface area contributed by atoms with Crippen molar-refractivity contribution in [2.75, 3.05) is 32.7 Å². The molecule has 3 atom stereocenters. The molecule has 1 aliphatic carbocycles. The molecule has 2 aliphatic heterocycles. The van der Waals surface area contributed by atoms with Gasteiger partial charge in [-0.1, -0.05) is 67.8 Å². The fourth-order valence-corrected chi connectivity index (χ4v) is 7.69. The number of nitrogens with one attached hydrogen (secondary N) is 1. The maximum absolute atomic E-state index is 12.5. The number of hydrogen-bond acceptors (Lipinski definition) is 3. The van der Waals surface area contributed by atoms with Gasteiger partial charge < -0.3 is 15.0 Å². The van der Waals surface area contributed by atoms with Gasteiger partial charge in [-0.15, -0.1) is 0 Å². The van der Waals surface area contributed by atoms with Crippen LogP contribution in [0.5, 0.6) is 0 Å². The van der Waals surface area contributed by atoms with Crippen molar-refractivity contribution in [2.24, 2.45) is 11.8 Å². The van der Waals surface area contributed by atoms with E-state index in [9.17, 15) is 9.90 Å². The number of hydrogen-bond donors (Lipinski definition) is 2. The number of nitrogens with zero attached hydrogens (tertiary/aromatic N) is 2. The minimum atomic E-state index is -0.612. The molecular weight excluding hydrogens is 458 g/mol. The summed E-state index contributed by atoms with van der Waals surface area (Å²) >= 11 is 0. The Hall–Kier alpha value is -2.63. The molecule has 5 heteroatoms. The molecule has 196 valence electrons. The lowest BCUT2D eigenvalue weighted by Gasteiger charge is -2.35. The molecule has 0 amide bonds. The number of carboxylic acids is 1. The van der Waals surface area contributed by atoms with E-state index in [4.69, 9.17) is 0 Å². The second-order valence-electron chi connectivity index (χ2n) is 11.8. The maximum atomic E-state index is 12.5. The highest BCUT2D eigenvalue weighted by Gasteiger charge is 2.43. The second-order valence-corrected chi connectivity index (χ2v) is 11.8. The summed E-state index contributed by atoms with van der Waals surface area (Å²) in [5, 5.41) is 11.7. The third kappa shape index (κ3) is 5.21. The summed E-state index contributed by atoms with van der Waals surface area (Å²) in [6, 6.07) is 19.2. The zero-order valence-corrected chi connectivity index (χ0v) is 21.9. The highest BCUT2D eigenvalue weighted by molar-refractivity contribution is 5.83. The quantitative estimate of drug-likeness (QED) is 0.413. The van der Waals surface area contributed by atoms with E-state index in [1.54, 1.807) is 0 Å². The van der Waals surface area contributed by atoms with Gasteiger partial charge >= 0.3 is 5.97 Å². The van der Waals surface area contributed by atoms with Gasteiger partial charge in [0.1, 0.15) is 6.04 Å². The van der Waals surface area contributed by atoms with E-state index in [0.717, 1.165) is 45.6 Å². The molecule has 0 spiro atoms. The number of benzene rings is 2. The van der Waals surface area contributed by atoms with Crippen LogP contribution in [-0.2, 0) is 4.79 Å². The van der Waals surface area contributed by atoms with Gasteiger partial charge in [-0.25, -0.2) is 0 Å². The van der Waals surface area contributed by atoms with Gasteiger partial charge in [0.05, 0.1) is 0 Å². The topological polar surface area (TPSA) is 59.6 Å². The highest BCUT2D eigenvalue weighted by atomic mass is 16.4. The summed E-state index contributed by atoms with van der Waals surface area (Å²) in [6.07, 6.45) is 10.3. The SMILES string of the molecule is O=C(O)[C@@H](C1CCCCC1)N1CC(c2ccccc2)[C@@H](CN2CCC(c3c[nH]c4ccccc34)CC2)C1. The smallest absolute Gasteiger partial charge is 0.321 e. The van der Waals surface area contributed by atoms with Crippen molar-refractivity contribution in [1.82, 2.24) is 14.8 Å². The molecule has 2 aromatic carbocycles. The van der Waals surface area contributed by atoms with Crippen LogP contribution in [0.2, 0.25) is 0 Å². The maximum Gasteiger partial charge on any atom is 0.321 e. The van der Waals surface area contributed by atoms with Gasteiger partial charge in [0.15, 0.2) is 0 Å². The molecular formula is C32H41N3O2. The van der Waals surface area contributed by atoms with E-state index in [1.807, 2.05) is 0 Å². The first kappa shape index (κ1) is 24.7. The van der Waals surface area contributed by atoms with Crippen molar-refractivity contribution in [3.63, 3.8) is 0 Å². The lowest BCUT2D eigenvalue weighted by molar-refractivity contribution is -0.145. The van der Waals surface area contributed by atoms with E-state index in [1.165, 1.54) is 54.1 Å². The molecule has 0 radical (unpaired) electrons. The Morgan fingerprint density at radius 1 is 0.919 bits per heavy atom. The Kier molecular flexibility index (Phi) is 7.34. The fraction of sp³-hybridized carbons (Fsp3) is 0.531. The molecule has 0 bridgehead atoms. The molecule has 2 N–H and O–H groups in total. The van der Waals surface area contributed by atoms with E-state index in [0.29, 0.717) is 23.7 Å². The molecule has 3 heterocycles. The van der Waals surface area contributed by atoms with Gasteiger partial charge in [0.2, 0.25) is 0 Å². The Balaban J connectivity index is 1.15. The summed E-state index contributed by atoms with van der Waals surface area (Å²) < 4.78 is 0. The van der Waals surface area contributed by atoms with Crippen LogP contribution in [0.3, 0.4) is 0 Å². The molecule has 37 heavy (non-hydrogen) atoms. The second kappa shape index (κ2) is 11.0. The molecule has 1 saturated carbocycles. The normalized spacial score (nSPS) is 25.5. The average molecular weight is 500 g/mol. The molecule has 1 unspecified atom stereocenters. The number of H-pyrrole nitrogens is 1. The molecule has 6 rings (SSSR count). The zero-order valence-electron chi connectivity index (χ0n) is 21.9. The lowest BCUT2D eigenvalue weighted by atomic mass is 9.83. The van der Waals surface area contributed by atoms with Crippen LogP contribution >= 0.6 is 0 Å². The highest BCUT2D eigenvalue weighted by Crippen LogP contribution is 2.39. The summed E-state index contributed by atoms with van der Waals surface area (Å²) in [5.41, 5.74) is 4.08. The number of rotatable bonds is 7. The fourth-order valence-electron chi connectivity index (χ4n) is 7.69. The number of likely N-dealkylation sites (tertiary alicyclic amines) is 2. The van der Waals surface area contributed by atoms with Gasteiger partial charge in [0.25, 0.3) is 0 Å².